The van der Waals surface area contributed by atoms with Crippen LogP contribution in [0.15, 0.2) is 59.6 Å². The number of carbonyl (C=O) groups excluding carboxylic acids is 1. The minimum Gasteiger partial charge on any atom is -0.352 e. The fourth-order valence-electron chi connectivity index (χ4n) is 2.37. The highest BCUT2D eigenvalue weighted by molar-refractivity contribution is 14.0. The van der Waals surface area contributed by atoms with Gasteiger partial charge in [-0.25, -0.2) is 0 Å². The number of nitrogens with zero attached hydrogens (tertiary/aromatic N) is 1. The molecule has 0 radical (unpaired) electrons. The Balaban J connectivity index is 0.00000312. The number of benzene rings is 2. The lowest BCUT2D eigenvalue weighted by molar-refractivity contribution is -0.115. The highest BCUT2D eigenvalue weighted by atomic mass is 127. The van der Waals surface area contributed by atoms with Crippen molar-refractivity contribution in [2.45, 2.75) is 19.9 Å². The third-order valence-corrected chi connectivity index (χ3v) is 3.64. The number of hydrogen-bond donors (Lipinski definition) is 3. The molecule has 134 valence electrons. The van der Waals surface area contributed by atoms with Gasteiger partial charge in [-0.15, -0.1) is 24.0 Å². The fraction of sp³-hybridized carbons (Fsp3) is 0.263. The molecule has 2 aromatic carbocycles. The summed E-state index contributed by atoms with van der Waals surface area (Å²) >= 11 is 0. The Kier molecular flexibility index (Phi) is 9.61. The van der Waals surface area contributed by atoms with Gasteiger partial charge in [0.05, 0.1) is 6.54 Å². The Labute approximate surface area is 166 Å². The van der Waals surface area contributed by atoms with Gasteiger partial charge in [-0.1, -0.05) is 49.4 Å². The van der Waals surface area contributed by atoms with Crippen LogP contribution < -0.4 is 16.0 Å². The Morgan fingerprint density at radius 1 is 0.960 bits per heavy atom. The second kappa shape index (κ2) is 11.5. The summed E-state index contributed by atoms with van der Waals surface area (Å²) in [6.07, 6.45) is 0.989. The number of para-hydroxylation sites is 1. The number of rotatable bonds is 6. The first-order valence-corrected chi connectivity index (χ1v) is 8.09. The molecule has 0 heterocycles. The molecule has 0 aromatic heterocycles. The normalized spacial score (nSPS) is 10.6. The molecule has 2 rings (SSSR count). The van der Waals surface area contributed by atoms with E-state index in [9.17, 15) is 4.79 Å². The summed E-state index contributed by atoms with van der Waals surface area (Å²) < 4.78 is 0. The number of nitrogens with one attached hydrogen (secondary N) is 3. The maximum absolute atomic E-state index is 12.0. The van der Waals surface area contributed by atoms with E-state index in [0.717, 1.165) is 12.1 Å². The summed E-state index contributed by atoms with van der Waals surface area (Å²) in [6, 6.07) is 17.7. The number of halogens is 1. The van der Waals surface area contributed by atoms with Crippen LogP contribution in [0.1, 0.15) is 18.1 Å². The zero-order chi connectivity index (χ0) is 17.2. The molecule has 2 aromatic rings. The fourth-order valence-corrected chi connectivity index (χ4v) is 2.37. The van der Waals surface area contributed by atoms with Crippen molar-refractivity contribution in [1.82, 2.24) is 10.6 Å². The van der Waals surface area contributed by atoms with E-state index in [2.05, 4.69) is 40.0 Å². The van der Waals surface area contributed by atoms with Crippen molar-refractivity contribution >= 4 is 41.5 Å². The Morgan fingerprint density at radius 3 is 2.24 bits per heavy atom. The van der Waals surface area contributed by atoms with Gasteiger partial charge in [-0.05, 0) is 29.7 Å². The number of aliphatic imine (C=N–C) groups is 1. The van der Waals surface area contributed by atoms with Gasteiger partial charge >= 0.3 is 0 Å². The van der Waals surface area contributed by atoms with E-state index >= 15 is 0 Å². The number of guanidine groups is 1. The minimum absolute atomic E-state index is 0. The van der Waals surface area contributed by atoms with Gasteiger partial charge in [-0.3, -0.25) is 9.79 Å². The van der Waals surface area contributed by atoms with E-state index in [0.29, 0.717) is 12.5 Å². The summed E-state index contributed by atoms with van der Waals surface area (Å²) in [7, 11) is 1.69. The van der Waals surface area contributed by atoms with Gasteiger partial charge in [0.1, 0.15) is 0 Å². The van der Waals surface area contributed by atoms with E-state index in [-0.39, 0.29) is 36.4 Å². The molecule has 0 atom stereocenters. The van der Waals surface area contributed by atoms with Crippen molar-refractivity contribution in [3.63, 3.8) is 0 Å². The van der Waals surface area contributed by atoms with Crippen LogP contribution >= 0.6 is 24.0 Å². The van der Waals surface area contributed by atoms with Crippen LogP contribution in [0, 0.1) is 0 Å². The molecular weight excluding hydrogens is 427 g/mol. The summed E-state index contributed by atoms with van der Waals surface area (Å²) in [5.41, 5.74) is 3.32. The number of amides is 1. The third-order valence-electron chi connectivity index (χ3n) is 3.64. The van der Waals surface area contributed by atoms with Gasteiger partial charge in [0.15, 0.2) is 5.96 Å². The van der Waals surface area contributed by atoms with Crippen molar-refractivity contribution in [1.29, 1.82) is 0 Å². The molecule has 0 unspecified atom stereocenters. The summed E-state index contributed by atoms with van der Waals surface area (Å²) in [4.78, 5) is 16.1. The van der Waals surface area contributed by atoms with Crippen LogP contribution in [0.4, 0.5) is 5.69 Å². The maximum atomic E-state index is 12.0. The van der Waals surface area contributed by atoms with Crippen molar-refractivity contribution in [3.05, 3.63) is 65.7 Å². The molecule has 1 amide bonds. The molecule has 3 N–H and O–H groups in total. The summed E-state index contributed by atoms with van der Waals surface area (Å²) in [5, 5.41) is 9.09. The van der Waals surface area contributed by atoms with Crippen molar-refractivity contribution in [3.8, 4) is 0 Å². The molecule has 5 nitrogen and oxygen atoms in total. The molecule has 0 aliphatic rings. The smallest absolute Gasteiger partial charge is 0.243 e. The minimum atomic E-state index is -0.113. The number of hydrogen-bond acceptors (Lipinski definition) is 2. The second-order valence-electron chi connectivity index (χ2n) is 5.32. The number of anilines is 1. The highest BCUT2D eigenvalue weighted by Crippen LogP contribution is 2.08. The molecule has 0 bridgehead atoms. The zero-order valence-electron chi connectivity index (χ0n) is 14.6. The number of aryl methyl sites for hydroxylation is 1. The first-order chi connectivity index (χ1) is 11.7. The van der Waals surface area contributed by atoms with Crippen molar-refractivity contribution < 1.29 is 4.79 Å². The van der Waals surface area contributed by atoms with E-state index < -0.39 is 0 Å². The molecule has 0 saturated heterocycles. The van der Waals surface area contributed by atoms with Gasteiger partial charge in [0.2, 0.25) is 5.91 Å². The average Bonchev–Trinajstić information content (AvgIpc) is 2.63. The Morgan fingerprint density at radius 2 is 1.60 bits per heavy atom. The predicted octanol–water partition coefficient (Wildman–Crippen LogP) is 3.17. The average molecular weight is 452 g/mol. The lowest BCUT2D eigenvalue weighted by Crippen LogP contribution is -2.41. The molecular formula is C19H25IN4O. The third kappa shape index (κ3) is 7.13. The van der Waals surface area contributed by atoms with Crippen molar-refractivity contribution in [2.24, 2.45) is 4.99 Å². The van der Waals surface area contributed by atoms with E-state index in [1.54, 1.807) is 7.05 Å². The lowest BCUT2D eigenvalue weighted by Gasteiger charge is -2.13. The van der Waals surface area contributed by atoms with Gasteiger partial charge in [-0.2, -0.15) is 0 Å². The maximum Gasteiger partial charge on any atom is 0.243 e. The molecule has 0 saturated carbocycles. The van der Waals surface area contributed by atoms with Gasteiger partial charge in [0, 0.05) is 19.3 Å². The molecule has 0 aliphatic heterocycles. The lowest BCUT2D eigenvalue weighted by atomic mass is 10.1. The van der Waals surface area contributed by atoms with Gasteiger partial charge in [0.25, 0.3) is 0 Å². The molecule has 0 fully saturated rings. The van der Waals surface area contributed by atoms with E-state index in [4.69, 9.17) is 0 Å². The van der Waals surface area contributed by atoms with Crippen LogP contribution in [0.3, 0.4) is 0 Å². The molecule has 6 heteroatoms. The topological polar surface area (TPSA) is 65.5 Å². The summed E-state index contributed by atoms with van der Waals surface area (Å²) in [5.74, 6) is 0.488. The standard InChI is InChI=1S/C19H24N4O.HI/c1-3-15-9-7-8-10-16(15)13-21-19(20-2)22-14-18(24)23-17-11-5-4-6-12-17;/h4-12H,3,13-14H2,1-2H3,(H,23,24)(H2,20,21,22);1H. The molecule has 0 aliphatic carbocycles. The Bertz CT molecular complexity index is 689. The quantitative estimate of drug-likeness (QED) is 0.359. The van der Waals surface area contributed by atoms with Crippen LogP contribution in [-0.4, -0.2) is 25.5 Å². The summed E-state index contributed by atoms with van der Waals surface area (Å²) in [6.45, 7) is 2.97. The molecule has 25 heavy (non-hydrogen) atoms. The van der Waals surface area contributed by atoms with Crippen LogP contribution in [-0.2, 0) is 17.8 Å². The van der Waals surface area contributed by atoms with Crippen LogP contribution in [0.2, 0.25) is 0 Å². The predicted molar refractivity (Wildman–Crippen MR) is 115 cm³/mol. The molecule has 0 spiro atoms. The zero-order valence-corrected chi connectivity index (χ0v) is 16.9. The van der Waals surface area contributed by atoms with E-state index in [1.807, 2.05) is 42.5 Å². The Hall–Kier alpha value is -2.09. The first kappa shape index (κ1) is 21.0. The highest BCUT2D eigenvalue weighted by Gasteiger charge is 2.05. The second-order valence-corrected chi connectivity index (χ2v) is 5.32. The number of carbonyl (C=O) groups is 1. The first-order valence-electron chi connectivity index (χ1n) is 8.09. The van der Waals surface area contributed by atoms with Crippen LogP contribution in [0.25, 0.3) is 0 Å². The van der Waals surface area contributed by atoms with Crippen LogP contribution in [0.5, 0.6) is 0 Å². The van der Waals surface area contributed by atoms with Crippen molar-refractivity contribution in [2.75, 3.05) is 18.9 Å². The van der Waals surface area contributed by atoms with E-state index in [1.165, 1.54) is 11.1 Å². The monoisotopic (exact) mass is 452 g/mol. The van der Waals surface area contributed by atoms with Gasteiger partial charge < -0.3 is 16.0 Å². The SMILES string of the molecule is CCc1ccccc1CNC(=NC)NCC(=O)Nc1ccccc1.I. The largest absolute Gasteiger partial charge is 0.352 e.